The van der Waals surface area contributed by atoms with Crippen LogP contribution in [0.1, 0.15) is 29.7 Å². The second-order valence-electron chi connectivity index (χ2n) is 4.83. The van der Waals surface area contributed by atoms with Crippen molar-refractivity contribution in [2.45, 2.75) is 36.9 Å². The Morgan fingerprint density at radius 2 is 2.17 bits per heavy atom. The van der Waals surface area contributed by atoms with Crippen molar-refractivity contribution in [1.29, 1.82) is 0 Å². The molecule has 6 heteroatoms. The van der Waals surface area contributed by atoms with Gasteiger partial charge in [-0.15, -0.1) is 11.3 Å². The molecule has 1 aliphatic carbocycles. The van der Waals surface area contributed by atoms with Gasteiger partial charge in [0.15, 0.2) is 0 Å². The maximum Gasteiger partial charge on any atom is 0.250 e. The first-order chi connectivity index (χ1) is 8.53. The molecule has 102 valence electrons. The van der Waals surface area contributed by atoms with E-state index in [0.29, 0.717) is 17.3 Å². The maximum absolute atomic E-state index is 12.1. The van der Waals surface area contributed by atoms with E-state index in [-0.39, 0.29) is 0 Å². The summed E-state index contributed by atoms with van der Waals surface area (Å²) >= 11 is 1.35. The van der Waals surface area contributed by atoms with E-state index in [1.54, 1.807) is 6.07 Å². The van der Waals surface area contributed by atoms with Gasteiger partial charge >= 0.3 is 0 Å². The molecule has 2 N–H and O–H groups in total. The molecule has 1 heterocycles. The van der Waals surface area contributed by atoms with Crippen molar-refractivity contribution in [1.82, 2.24) is 10.0 Å². The molecule has 1 saturated carbocycles. The lowest BCUT2D eigenvalue weighted by Gasteiger charge is -2.03. The van der Waals surface area contributed by atoms with Gasteiger partial charge in [-0.3, -0.25) is 0 Å². The van der Waals surface area contributed by atoms with Crippen LogP contribution in [-0.4, -0.2) is 22.0 Å². The van der Waals surface area contributed by atoms with Crippen LogP contribution < -0.4 is 10.0 Å². The summed E-state index contributed by atoms with van der Waals surface area (Å²) < 4.78 is 27.3. The van der Waals surface area contributed by atoms with Crippen LogP contribution in [0.3, 0.4) is 0 Å². The Morgan fingerprint density at radius 3 is 2.78 bits per heavy atom. The summed E-state index contributed by atoms with van der Waals surface area (Å²) in [7, 11) is -1.45. The number of rotatable bonds is 7. The molecule has 0 unspecified atom stereocenters. The molecule has 1 aromatic rings. The Bertz CT molecular complexity index is 504. The number of sulfonamides is 1. The van der Waals surface area contributed by atoms with Crippen molar-refractivity contribution >= 4 is 21.4 Å². The second-order valence-corrected chi connectivity index (χ2v) is 7.96. The van der Waals surface area contributed by atoms with Crippen molar-refractivity contribution in [3.8, 4) is 0 Å². The third kappa shape index (κ3) is 3.54. The molecule has 1 fully saturated rings. The Kier molecular flexibility index (Phi) is 4.42. The summed E-state index contributed by atoms with van der Waals surface area (Å²) in [5, 5.41) is 3.05. The van der Waals surface area contributed by atoms with Crippen LogP contribution in [0.25, 0.3) is 0 Å². The van der Waals surface area contributed by atoms with Crippen LogP contribution in [0.2, 0.25) is 0 Å². The van der Waals surface area contributed by atoms with Crippen LogP contribution in [-0.2, 0) is 16.6 Å². The van der Waals surface area contributed by atoms with Gasteiger partial charge in [0.1, 0.15) is 4.21 Å². The van der Waals surface area contributed by atoms with Gasteiger partial charge in [-0.05, 0) is 37.9 Å². The monoisotopic (exact) mass is 288 g/mol. The van der Waals surface area contributed by atoms with Gasteiger partial charge in [-0.25, -0.2) is 13.1 Å². The first-order valence-corrected chi connectivity index (χ1v) is 8.56. The van der Waals surface area contributed by atoms with Crippen molar-refractivity contribution in [3.63, 3.8) is 0 Å². The molecule has 2 rings (SSSR count). The molecular weight excluding hydrogens is 268 g/mol. The molecule has 0 bridgehead atoms. The minimum Gasteiger partial charge on any atom is -0.315 e. The average molecular weight is 288 g/mol. The normalized spacial score (nSPS) is 16.1. The number of aryl methyl sites for hydroxylation is 1. The molecule has 0 atom stereocenters. The minimum atomic E-state index is -3.31. The molecule has 4 nitrogen and oxygen atoms in total. The van der Waals surface area contributed by atoms with E-state index in [4.69, 9.17) is 0 Å². The highest BCUT2D eigenvalue weighted by molar-refractivity contribution is 7.91. The first-order valence-electron chi connectivity index (χ1n) is 6.26. The van der Waals surface area contributed by atoms with Gasteiger partial charge < -0.3 is 5.32 Å². The van der Waals surface area contributed by atoms with Crippen LogP contribution in [0.15, 0.2) is 10.3 Å². The number of thiophene rings is 1. The van der Waals surface area contributed by atoms with E-state index in [2.05, 4.69) is 10.0 Å². The maximum atomic E-state index is 12.1. The molecule has 1 aromatic heterocycles. The Hall–Kier alpha value is -0.430. The summed E-state index contributed by atoms with van der Waals surface area (Å²) in [6.45, 7) is 3.23. The van der Waals surface area contributed by atoms with E-state index in [1.165, 1.54) is 24.2 Å². The van der Waals surface area contributed by atoms with Crippen LogP contribution in [0, 0.1) is 12.8 Å². The fourth-order valence-corrected chi connectivity index (χ4v) is 4.53. The zero-order valence-corrected chi connectivity index (χ0v) is 12.5. The van der Waals surface area contributed by atoms with E-state index in [0.717, 1.165) is 22.8 Å². The lowest BCUT2D eigenvalue weighted by atomic mass is 10.3. The Balaban J connectivity index is 2.00. The molecule has 0 radical (unpaired) electrons. The smallest absolute Gasteiger partial charge is 0.250 e. The standard InChI is InChI=1S/C12H20N2O2S2/c1-9-7-12(17-11(9)8-13-2)18(15,16)14-6-5-10-3-4-10/h7,10,13-14H,3-6,8H2,1-2H3. The SMILES string of the molecule is CNCc1sc(S(=O)(=O)NCCC2CC2)cc1C. The molecule has 0 saturated heterocycles. The summed E-state index contributed by atoms with van der Waals surface area (Å²) in [4.78, 5) is 1.08. The fourth-order valence-electron chi connectivity index (χ4n) is 1.83. The van der Waals surface area contributed by atoms with Crippen molar-refractivity contribution < 1.29 is 8.42 Å². The largest absolute Gasteiger partial charge is 0.315 e. The average Bonchev–Trinajstić information content (AvgIpc) is 3.04. The molecular formula is C12H20N2O2S2. The van der Waals surface area contributed by atoms with E-state index in [1.807, 2.05) is 14.0 Å². The van der Waals surface area contributed by atoms with Gasteiger partial charge in [0.2, 0.25) is 10.0 Å². The summed E-state index contributed by atoms with van der Waals surface area (Å²) in [6.07, 6.45) is 3.48. The topological polar surface area (TPSA) is 58.2 Å². The summed E-state index contributed by atoms with van der Waals surface area (Å²) in [6, 6.07) is 1.76. The lowest BCUT2D eigenvalue weighted by molar-refractivity contribution is 0.577. The molecule has 0 amide bonds. The zero-order valence-electron chi connectivity index (χ0n) is 10.8. The van der Waals surface area contributed by atoms with Gasteiger partial charge in [-0.1, -0.05) is 12.8 Å². The predicted molar refractivity (Wildman–Crippen MR) is 74.3 cm³/mol. The highest BCUT2D eigenvalue weighted by atomic mass is 32.2. The lowest BCUT2D eigenvalue weighted by Crippen LogP contribution is -2.24. The van der Waals surface area contributed by atoms with Crippen LogP contribution >= 0.6 is 11.3 Å². The highest BCUT2D eigenvalue weighted by Crippen LogP contribution is 2.32. The summed E-state index contributed by atoms with van der Waals surface area (Å²) in [5.41, 5.74) is 1.04. The molecule has 0 aromatic carbocycles. The van der Waals surface area contributed by atoms with Gasteiger partial charge in [0.25, 0.3) is 0 Å². The quantitative estimate of drug-likeness (QED) is 0.805. The second kappa shape index (κ2) is 5.69. The van der Waals surface area contributed by atoms with E-state index >= 15 is 0 Å². The van der Waals surface area contributed by atoms with Crippen molar-refractivity contribution in [3.05, 3.63) is 16.5 Å². The first kappa shape index (κ1) is 14.0. The van der Waals surface area contributed by atoms with Crippen LogP contribution in [0.5, 0.6) is 0 Å². The third-order valence-corrected chi connectivity index (χ3v) is 6.31. The minimum absolute atomic E-state index is 0.432. The molecule has 18 heavy (non-hydrogen) atoms. The van der Waals surface area contributed by atoms with Gasteiger partial charge in [0.05, 0.1) is 0 Å². The summed E-state index contributed by atoms with van der Waals surface area (Å²) in [5.74, 6) is 0.748. The van der Waals surface area contributed by atoms with E-state index < -0.39 is 10.0 Å². The number of hydrogen-bond acceptors (Lipinski definition) is 4. The molecule has 1 aliphatic rings. The predicted octanol–water partition coefficient (Wildman–Crippen LogP) is 1.85. The Morgan fingerprint density at radius 1 is 1.44 bits per heavy atom. The van der Waals surface area contributed by atoms with Crippen molar-refractivity contribution in [2.75, 3.05) is 13.6 Å². The number of hydrogen-bond donors (Lipinski definition) is 2. The van der Waals surface area contributed by atoms with Crippen molar-refractivity contribution in [2.24, 2.45) is 5.92 Å². The zero-order chi connectivity index (χ0) is 13.2. The highest BCUT2D eigenvalue weighted by Gasteiger charge is 2.23. The van der Waals surface area contributed by atoms with Gasteiger partial charge in [0, 0.05) is 18.0 Å². The van der Waals surface area contributed by atoms with Gasteiger partial charge in [-0.2, -0.15) is 0 Å². The molecule has 0 spiro atoms. The number of nitrogens with one attached hydrogen (secondary N) is 2. The third-order valence-electron chi connectivity index (χ3n) is 3.14. The van der Waals surface area contributed by atoms with Crippen LogP contribution in [0.4, 0.5) is 0 Å². The fraction of sp³-hybridized carbons (Fsp3) is 0.667. The Labute approximate surface area is 113 Å². The van der Waals surface area contributed by atoms with E-state index in [9.17, 15) is 8.42 Å². The molecule has 0 aliphatic heterocycles.